The van der Waals surface area contributed by atoms with Crippen LogP contribution in [0.5, 0.6) is 0 Å². The minimum atomic E-state index is -0.676. The molecule has 0 fully saturated rings. The number of hydrogen-bond acceptors (Lipinski definition) is 7. The van der Waals surface area contributed by atoms with Gasteiger partial charge in [-0.25, -0.2) is 23.7 Å². The van der Waals surface area contributed by atoms with E-state index < -0.39 is 17.0 Å². The van der Waals surface area contributed by atoms with Crippen molar-refractivity contribution >= 4 is 0 Å². The number of nitrogens with zero attached hydrogens (tertiary/aromatic N) is 8. The topological polar surface area (TPSA) is 106 Å². The van der Waals surface area contributed by atoms with Gasteiger partial charge in [0.15, 0.2) is 5.82 Å². The first kappa shape index (κ1) is 24.6. The molecule has 0 amide bonds. The van der Waals surface area contributed by atoms with Crippen molar-refractivity contribution in [3.63, 3.8) is 0 Å². The van der Waals surface area contributed by atoms with E-state index in [1.807, 2.05) is 6.07 Å². The first-order chi connectivity index (χ1) is 17.7. The zero-order chi connectivity index (χ0) is 26.4. The number of halogens is 2. The molecule has 0 N–H and O–H groups in total. The van der Waals surface area contributed by atoms with Crippen LogP contribution in [0, 0.1) is 28.4 Å². The zero-order valence-electron chi connectivity index (χ0n) is 21.1. The molecule has 0 radical (unpaired) electrons. The smallest absolute Gasteiger partial charge is 0.220 e. The maximum Gasteiger partial charge on any atom is 0.252 e. The third-order valence-electron chi connectivity index (χ3n) is 7.82. The standard InChI is InChI=1S/C27H26F2N8/c1-5-17-16-14-20(23-18(28)8-6-9-19(23)29)34-35-24(16)27(4,26(17,2)3)21-11-13-31-25(33-21)37-15-32-22(36-37)10-7-12-30/h6,8-9,11,13-15,17H,5,7,10H2,1-4H3/t17-,27-/m0/s1. The van der Waals surface area contributed by atoms with Crippen molar-refractivity contribution in [3.05, 3.63) is 77.3 Å². The molecule has 10 heteroatoms. The highest BCUT2D eigenvalue weighted by Gasteiger charge is 2.57. The number of hydrogen-bond donors (Lipinski definition) is 0. The Morgan fingerprint density at radius 3 is 2.54 bits per heavy atom. The Balaban J connectivity index is 1.63. The first-order valence-electron chi connectivity index (χ1n) is 12.2. The molecule has 5 rings (SSSR count). The predicted molar refractivity (Wildman–Crippen MR) is 132 cm³/mol. The lowest BCUT2D eigenvalue weighted by Gasteiger charge is -2.41. The van der Waals surface area contributed by atoms with E-state index in [-0.39, 0.29) is 22.6 Å². The van der Waals surface area contributed by atoms with Gasteiger partial charge in [-0.1, -0.05) is 26.8 Å². The highest BCUT2D eigenvalue weighted by atomic mass is 19.1. The van der Waals surface area contributed by atoms with Gasteiger partial charge in [-0.15, -0.1) is 10.2 Å². The molecule has 0 aliphatic heterocycles. The Kier molecular flexibility index (Phi) is 6.02. The fourth-order valence-electron chi connectivity index (χ4n) is 5.56. The van der Waals surface area contributed by atoms with Crippen LogP contribution >= 0.6 is 0 Å². The molecule has 0 bridgehead atoms. The van der Waals surface area contributed by atoms with Crippen LogP contribution in [0.15, 0.2) is 42.9 Å². The third kappa shape index (κ3) is 3.77. The summed E-state index contributed by atoms with van der Waals surface area (Å²) in [4.78, 5) is 13.5. The summed E-state index contributed by atoms with van der Waals surface area (Å²) in [6, 6.07) is 9.48. The molecule has 0 spiro atoms. The Bertz CT molecular complexity index is 1500. The fourth-order valence-corrected chi connectivity index (χ4v) is 5.56. The van der Waals surface area contributed by atoms with Crippen molar-refractivity contribution in [2.75, 3.05) is 0 Å². The SMILES string of the molecule is CC[C@H]1c2cc(-c3c(F)cccc3F)nnc2[C@](C)(c2ccnc(-n3cnc(CCC#N)n3)n2)C1(C)C. The number of rotatable bonds is 6. The highest BCUT2D eigenvalue weighted by molar-refractivity contribution is 5.63. The summed E-state index contributed by atoms with van der Waals surface area (Å²) in [7, 11) is 0. The predicted octanol–water partition coefficient (Wildman–Crippen LogP) is 5.09. The van der Waals surface area contributed by atoms with Crippen molar-refractivity contribution in [2.45, 2.75) is 58.3 Å². The minimum Gasteiger partial charge on any atom is -0.220 e. The molecule has 1 aromatic carbocycles. The van der Waals surface area contributed by atoms with Crippen molar-refractivity contribution in [3.8, 4) is 23.3 Å². The zero-order valence-corrected chi connectivity index (χ0v) is 21.1. The van der Waals surface area contributed by atoms with Gasteiger partial charge < -0.3 is 0 Å². The second-order valence-electron chi connectivity index (χ2n) is 9.94. The molecular formula is C27H26F2N8. The summed E-state index contributed by atoms with van der Waals surface area (Å²) < 4.78 is 30.6. The molecule has 37 heavy (non-hydrogen) atoms. The monoisotopic (exact) mass is 500 g/mol. The second kappa shape index (κ2) is 9.07. The van der Waals surface area contributed by atoms with Gasteiger partial charge in [-0.05, 0) is 54.5 Å². The normalized spacial score (nSPS) is 20.0. The van der Waals surface area contributed by atoms with Crippen LogP contribution in [0.1, 0.15) is 69.2 Å². The summed E-state index contributed by atoms with van der Waals surface area (Å²) >= 11 is 0. The highest BCUT2D eigenvalue weighted by Crippen LogP contribution is 2.61. The van der Waals surface area contributed by atoms with Gasteiger partial charge in [0.25, 0.3) is 5.95 Å². The molecular weight excluding hydrogens is 474 g/mol. The van der Waals surface area contributed by atoms with Crippen molar-refractivity contribution in [1.29, 1.82) is 5.26 Å². The number of aromatic nitrogens is 7. The van der Waals surface area contributed by atoms with Crippen LogP contribution < -0.4 is 0 Å². The molecule has 0 unspecified atom stereocenters. The summed E-state index contributed by atoms with van der Waals surface area (Å²) in [5, 5.41) is 22.1. The average Bonchev–Trinajstić information content (AvgIpc) is 3.42. The van der Waals surface area contributed by atoms with Crippen LogP contribution in [0.25, 0.3) is 17.2 Å². The van der Waals surface area contributed by atoms with Crippen LogP contribution in [-0.2, 0) is 11.8 Å². The molecule has 4 aromatic rings. The van der Waals surface area contributed by atoms with Crippen molar-refractivity contribution in [1.82, 2.24) is 34.9 Å². The molecule has 1 aliphatic carbocycles. The van der Waals surface area contributed by atoms with E-state index in [1.165, 1.54) is 29.2 Å². The quantitative estimate of drug-likeness (QED) is 0.363. The molecule has 188 valence electrons. The van der Waals surface area contributed by atoms with Crippen LogP contribution in [0.4, 0.5) is 8.78 Å². The van der Waals surface area contributed by atoms with E-state index in [4.69, 9.17) is 10.2 Å². The number of nitriles is 1. The number of aryl methyl sites for hydroxylation is 1. The Morgan fingerprint density at radius 1 is 1.08 bits per heavy atom. The Morgan fingerprint density at radius 2 is 1.84 bits per heavy atom. The fraction of sp³-hybridized carbons (Fsp3) is 0.370. The molecule has 3 aromatic heterocycles. The van der Waals surface area contributed by atoms with Crippen molar-refractivity contribution < 1.29 is 8.78 Å². The Hall–Kier alpha value is -4.13. The number of benzene rings is 1. The van der Waals surface area contributed by atoms with Gasteiger partial charge in [-0.2, -0.15) is 15.0 Å². The van der Waals surface area contributed by atoms with E-state index in [0.29, 0.717) is 24.6 Å². The van der Waals surface area contributed by atoms with Gasteiger partial charge in [-0.3, -0.25) is 0 Å². The molecule has 3 heterocycles. The molecule has 8 nitrogen and oxygen atoms in total. The van der Waals surface area contributed by atoms with Gasteiger partial charge in [0, 0.05) is 19.0 Å². The largest absolute Gasteiger partial charge is 0.252 e. The summed E-state index contributed by atoms with van der Waals surface area (Å²) in [6.07, 6.45) is 4.77. The van der Waals surface area contributed by atoms with Crippen molar-refractivity contribution in [2.24, 2.45) is 5.41 Å². The van der Waals surface area contributed by atoms with Gasteiger partial charge >= 0.3 is 0 Å². The molecule has 2 atom stereocenters. The third-order valence-corrected chi connectivity index (χ3v) is 7.82. The molecule has 1 aliphatic rings. The lowest BCUT2D eigenvalue weighted by molar-refractivity contribution is 0.189. The lowest BCUT2D eigenvalue weighted by Crippen LogP contribution is -2.40. The maximum atomic E-state index is 14.6. The Labute approximate surface area is 213 Å². The van der Waals surface area contributed by atoms with E-state index in [0.717, 1.165) is 23.4 Å². The van der Waals surface area contributed by atoms with Gasteiger partial charge in [0.05, 0.1) is 34.1 Å². The molecule has 0 saturated heterocycles. The number of fused-ring (bicyclic) bond motifs is 1. The van der Waals surface area contributed by atoms with E-state index in [2.05, 4.69) is 59.0 Å². The van der Waals surface area contributed by atoms with E-state index in [1.54, 1.807) is 12.3 Å². The van der Waals surface area contributed by atoms with Crippen LogP contribution in [0.3, 0.4) is 0 Å². The minimum absolute atomic E-state index is 0.0407. The van der Waals surface area contributed by atoms with E-state index in [9.17, 15) is 8.78 Å². The summed E-state index contributed by atoms with van der Waals surface area (Å²) in [5.41, 5.74) is 1.31. The average molecular weight is 501 g/mol. The van der Waals surface area contributed by atoms with Crippen LogP contribution in [0.2, 0.25) is 0 Å². The maximum absolute atomic E-state index is 14.6. The van der Waals surface area contributed by atoms with Gasteiger partial charge in [0.2, 0.25) is 0 Å². The van der Waals surface area contributed by atoms with E-state index >= 15 is 0 Å². The summed E-state index contributed by atoms with van der Waals surface area (Å²) in [6.45, 7) is 8.48. The summed E-state index contributed by atoms with van der Waals surface area (Å²) in [5.74, 6) is -0.420. The first-order valence-corrected chi connectivity index (χ1v) is 12.2. The lowest BCUT2D eigenvalue weighted by atomic mass is 9.62. The molecule has 0 saturated carbocycles. The van der Waals surface area contributed by atoms with Crippen LogP contribution in [-0.4, -0.2) is 34.9 Å². The van der Waals surface area contributed by atoms with Gasteiger partial charge in [0.1, 0.15) is 18.0 Å². The second-order valence-corrected chi connectivity index (χ2v) is 9.94.